The van der Waals surface area contributed by atoms with Crippen LogP contribution in [0.4, 0.5) is 17.1 Å². The van der Waals surface area contributed by atoms with Crippen molar-refractivity contribution in [2.24, 2.45) is 9.49 Å². The molecule has 0 fully saturated rings. The van der Waals surface area contributed by atoms with Crippen LogP contribution in [0, 0.1) is 0 Å². The molecule has 132 valence electrons. The van der Waals surface area contributed by atoms with Gasteiger partial charge < -0.3 is 4.34 Å². The largest absolute Gasteiger partial charge is 0.328 e. The van der Waals surface area contributed by atoms with Gasteiger partial charge in [-0.25, -0.2) is 9.49 Å². The van der Waals surface area contributed by atoms with Gasteiger partial charge in [-0.05, 0) is 36.4 Å². The molecule has 0 aliphatic heterocycles. The van der Waals surface area contributed by atoms with Gasteiger partial charge in [0.15, 0.2) is 15.9 Å². The molecule has 3 rings (SSSR count). The van der Waals surface area contributed by atoms with Gasteiger partial charge >= 0.3 is 0 Å². The van der Waals surface area contributed by atoms with E-state index >= 15 is 0 Å². The molecule has 0 spiro atoms. The van der Waals surface area contributed by atoms with Gasteiger partial charge in [0.2, 0.25) is 0 Å². The van der Waals surface area contributed by atoms with E-state index in [9.17, 15) is 0 Å². The van der Waals surface area contributed by atoms with Gasteiger partial charge in [-0.15, -0.1) is 0 Å². The Morgan fingerprint density at radius 3 is 1.38 bits per heavy atom. The summed E-state index contributed by atoms with van der Waals surface area (Å²) in [5.74, 6) is 0. The summed E-state index contributed by atoms with van der Waals surface area (Å²) >= 11 is 0. The Hall–Kier alpha value is -2.42. The average Bonchev–Trinajstić information content (AvgIpc) is 2.63. The summed E-state index contributed by atoms with van der Waals surface area (Å²) < 4.78 is 12.6. The third kappa shape index (κ3) is 4.81. The lowest BCUT2D eigenvalue weighted by Crippen LogP contribution is -2.40. The predicted octanol–water partition coefficient (Wildman–Crippen LogP) is 7.76. The van der Waals surface area contributed by atoms with Crippen molar-refractivity contribution in [3.63, 3.8) is 0 Å². The Labute approximate surface area is 157 Å². The van der Waals surface area contributed by atoms with Crippen molar-refractivity contribution >= 4 is 33.0 Å². The van der Waals surface area contributed by atoms with Crippen molar-refractivity contribution in [2.45, 2.75) is 19.6 Å². The second-order valence-electron chi connectivity index (χ2n) is 6.96. The fourth-order valence-corrected chi connectivity index (χ4v) is 7.22. The van der Waals surface area contributed by atoms with Crippen LogP contribution >= 0.6 is 7.66 Å². The minimum atomic E-state index is -1.72. The Morgan fingerprint density at radius 1 is 0.615 bits per heavy atom. The van der Waals surface area contributed by atoms with Gasteiger partial charge in [-0.1, -0.05) is 74.2 Å². The maximum absolute atomic E-state index is 5.06. The molecule has 0 radical (unpaired) electrons. The lowest BCUT2D eigenvalue weighted by Gasteiger charge is -2.33. The fourth-order valence-electron chi connectivity index (χ4n) is 2.64. The molecule has 0 aliphatic rings. The molecular formula is C21H24N3PSi. The third-order valence-electron chi connectivity index (χ3n) is 3.74. The van der Waals surface area contributed by atoms with Crippen LogP contribution in [0.2, 0.25) is 19.6 Å². The number of hydrogen-bond donors (Lipinski definition) is 0. The standard InChI is InChI=1S/C21H24N3PSi/c1-26(2,3)24(21-17-11-6-12-18-21)25(22-19-13-7-4-8-14-19)23-20-15-9-5-10-16-20/h4-18H,1-3H3. The lowest BCUT2D eigenvalue weighted by atomic mass is 10.3. The van der Waals surface area contributed by atoms with Crippen molar-refractivity contribution in [2.75, 3.05) is 4.34 Å². The second kappa shape index (κ2) is 8.30. The Kier molecular flexibility index (Phi) is 5.87. The summed E-state index contributed by atoms with van der Waals surface area (Å²) in [6.45, 7) is 7.03. The number of anilines is 1. The highest BCUT2D eigenvalue weighted by Crippen LogP contribution is 2.40. The quantitative estimate of drug-likeness (QED) is 0.330. The van der Waals surface area contributed by atoms with Crippen LogP contribution in [0.1, 0.15) is 0 Å². The zero-order valence-corrected chi connectivity index (χ0v) is 17.3. The van der Waals surface area contributed by atoms with Gasteiger partial charge in [0, 0.05) is 5.69 Å². The van der Waals surface area contributed by atoms with E-state index in [1.165, 1.54) is 5.69 Å². The van der Waals surface area contributed by atoms with E-state index < -0.39 is 15.9 Å². The molecule has 0 bridgehead atoms. The summed E-state index contributed by atoms with van der Waals surface area (Å²) in [4.78, 5) is 0. The van der Waals surface area contributed by atoms with E-state index in [4.69, 9.17) is 9.49 Å². The van der Waals surface area contributed by atoms with Crippen molar-refractivity contribution in [3.05, 3.63) is 91.0 Å². The summed E-state index contributed by atoms with van der Waals surface area (Å²) in [7, 11) is -2.82. The molecule has 0 aromatic heterocycles. The number of rotatable bonds is 5. The number of nitrogens with zero attached hydrogens (tertiary/aromatic N) is 3. The van der Waals surface area contributed by atoms with Crippen molar-refractivity contribution in [3.8, 4) is 0 Å². The van der Waals surface area contributed by atoms with E-state index in [0.717, 1.165) is 11.4 Å². The predicted molar refractivity (Wildman–Crippen MR) is 116 cm³/mol. The molecule has 0 aliphatic carbocycles. The molecule has 3 aromatic carbocycles. The Morgan fingerprint density at radius 2 is 1.00 bits per heavy atom. The van der Waals surface area contributed by atoms with Crippen LogP contribution in [-0.4, -0.2) is 8.24 Å². The van der Waals surface area contributed by atoms with E-state index in [2.05, 4.69) is 54.3 Å². The molecule has 0 atom stereocenters. The number of benzene rings is 3. The molecule has 0 heterocycles. The minimum Gasteiger partial charge on any atom is -0.328 e. The highest BCUT2D eigenvalue weighted by molar-refractivity contribution is 7.44. The Bertz CT molecular complexity index is 866. The van der Waals surface area contributed by atoms with Crippen LogP contribution in [-0.2, 0) is 0 Å². The summed E-state index contributed by atoms with van der Waals surface area (Å²) in [5.41, 5.74) is 3.13. The summed E-state index contributed by atoms with van der Waals surface area (Å²) in [5, 5.41) is 0. The van der Waals surface area contributed by atoms with E-state index in [0.29, 0.717) is 0 Å². The van der Waals surface area contributed by atoms with Gasteiger partial charge in [-0.3, -0.25) is 0 Å². The molecule has 3 nitrogen and oxygen atoms in total. The van der Waals surface area contributed by atoms with Crippen LogP contribution in [0.5, 0.6) is 0 Å². The topological polar surface area (TPSA) is 28.0 Å². The van der Waals surface area contributed by atoms with Crippen molar-refractivity contribution in [1.82, 2.24) is 0 Å². The molecule has 0 saturated heterocycles. The maximum atomic E-state index is 5.06. The van der Waals surface area contributed by atoms with Crippen LogP contribution in [0.3, 0.4) is 0 Å². The van der Waals surface area contributed by atoms with E-state index in [1.807, 2.05) is 60.7 Å². The maximum Gasteiger partial charge on any atom is 0.169 e. The first-order chi connectivity index (χ1) is 12.5. The fraction of sp³-hybridized carbons (Fsp3) is 0.143. The average molecular weight is 378 g/mol. The first kappa shape index (κ1) is 18.4. The highest BCUT2D eigenvalue weighted by atomic mass is 31.1. The molecule has 3 aromatic rings. The SMILES string of the molecule is C[Si](C)(C)N(c1ccccc1)P(=Nc1ccccc1)=Nc1ccccc1. The second-order valence-corrected chi connectivity index (χ2v) is 13.5. The lowest BCUT2D eigenvalue weighted by molar-refractivity contribution is 1.42. The van der Waals surface area contributed by atoms with E-state index in [-0.39, 0.29) is 0 Å². The number of para-hydroxylation sites is 1. The third-order valence-corrected chi connectivity index (χ3v) is 9.01. The monoisotopic (exact) mass is 377 g/mol. The summed E-state index contributed by atoms with van der Waals surface area (Å²) in [6.07, 6.45) is 0. The molecule has 0 unspecified atom stereocenters. The molecule has 26 heavy (non-hydrogen) atoms. The first-order valence-corrected chi connectivity index (χ1v) is 13.4. The van der Waals surface area contributed by atoms with Crippen LogP contribution < -0.4 is 4.34 Å². The molecule has 5 heteroatoms. The zero-order chi connectivity index (χ0) is 18.4. The van der Waals surface area contributed by atoms with Gasteiger partial charge in [0.25, 0.3) is 0 Å². The van der Waals surface area contributed by atoms with Gasteiger partial charge in [0.1, 0.15) is 0 Å². The number of hydrogen-bond acceptors (Lipinski definition) is 2. The summed E-state index contributed by atoms with van der Waals surface area (Å²) in [6, 6.07) is 30.9. The Balaban J connectivity index is 2.21. The zero-order valence-electron chi connectivity index (χ0n) is 15.4. The van der Waals surface area contributed by atoms with Crippen molar-refractivity contribution in [1.29, 1.82) is 0 Å². The van der Waals surface area contributed by atoms with Gasteiger partial charge in [-0.2, -0.15) is 0 Å². The normalized spacial score (nSPS) is 12.2. The van der Waals surface area contributed by atoms with Crippen LogP contribution in [0.15, 0.2) is 100 Å². The smallest absolute Gasteiger partial charge is 0.169 e. The molecular weight excluding hydrogens is 353 g/mol. The highest BCUT2D eigenvalue weighted by Gasteiger charge is 2.26. The van der Waals surface area contributed by atoms with Gasteiger partial charge in [0.05, 0.1) is 11.4 Å². The van der Waals surface area contributed by atoms with Crippen molar-refractivity contribution < 1.29 is 0 Å². The van der Waals surface area contributed by atoms with Crippen LogP contribution in [0.25, 0.3) is 0 Å². The molecule has 0 N–H and O–H groups in total. The first-order valence-electron chi connectivity index (χ1n) is 8.73. The van der Waals surface area contributed by atoms with E-state index in [1.54, 1.807) is 0 Å². The minimum absolute atomic E-state index is 0.970. The molecule has 0 saturated carbocycles. The molecule has 0 amide bonds.